The Balaban J connectivity index is 2.08. The minimum atomic E-state index is -0.732. The van der Waals surface area contributed by atoms with Gasteiger partial charge >= 0.3 is 0 Å². The van der Waals surface area contributed by atoms with Crippen LogP contribution in [-0.2, 0) is 4.74 Å². The predicted octanol–water partition coefficient (Wildman–Crippen LogP) is 1.67. The van der Waals surface area contributed by atoms with Gasteiger partial charge in [-0.2, -0.15) is 11.8 Å². The molecule has 0 amide bonds. The first-order chi connectivity index (χ1) is 9.94. The minimum absolute atomic E-state index is 0.352. The lowest BCUT2D eigenvalue weighted by molar-refractivity contribution is 0.00972. The molecule has 0 aromatic rings. The van der Waals surface area contributed by atoms with Gasteiger partial charge in [-0.05, 0) is 37.9 Å². The van der Waals surface area contributed by atoms with Crippen molar-refractivity contribution in [1.82, 2.24) is 5.32 Å². The molecule has 1 aliphatic carbocycles. The topological polar surface area (TPSA) is 61.7 Å². The van der Waals surface area contributed by atoms with Crippen molar-refractivity contribution in [2.75, 3.05) is 38.3 Å². The minimum Gasteiger partial charge on any atom is -0.389 e. The Bertz CT molecular complexity index is 310. The monoisotopic (exact) mass is 317 g/mol. The Hall–Kier alpha value is -0.0700. The molecule has 5 heteroatoms. The maximum absolute atomic E-state index is 10.0. The second-order valence-corrected chi connectivity index (χ2v) is 7.30. The highest BCUT2D eigenvalue weighted by atomic mass is 32.2. The highest BCUT2D eigenvalue weighted by Gasteiger charge is 2.20. The molecular weight excluding hydrogens is 286 g/mol. The summed E-state index contributed by atoms with van der Waals surface area (Å²) in [5, 5.41) is 23.0. The van der Waals surface area contributed by atoms with Crippen molar-refractivity contribution in [2.24, 2.45) is 11.8 Å². The van der Waals surface area contributed by atoms with Gasteiger partial charge in [-0.3, -0.25) is 0 Å². The molecule has 0 aromatic carbocycles. The Labute approximate surface area is 133 Å². The Morgan fingerprint density at radius 2 is 2.14 bits per heavy atom. The third kappa shape index (κ3) is 8.21. The SMILES string of the molecule is CSCC(C)(O)CNCC(O)COCC1CC=CCC1C. The highest BCUT2D eigenvalue weighted by Crippen LogP contribution is 2.24. The summed E-state index contributed by atoms with van der Waals surface area (Å²) in [5.41, 5.74) is -0.732. The van der Waals surface area contributed by atoms with Crippen LogP contribution in [0.25, 0.3) is 0 Å². The van der Waals surface area contributed by atoms with E-state index in [1.165, 1.54) is 0 Å². The number of aliphatic hydroxyl groups excluding tert-OH is 1. The van der Waals surface area contributed by atoms with Crippen molar-refractivity contribution in [3.8, 4) is 0 Å². The summed E-state index contributed by atoms with van der Waals surface area (Å²) < 4.78 is 5.64. The van der Waals surface area contributed by atoms with E-state index in [0.717, 1.165) is 12.8 Å². The first-order valence-electron chi connectivity index (χ1n) is 7.77. The lowest BCUT2D eigenvalue weighted by Crippen LogP contribution is -2.43. The van der Waals surface area contributed by atoms with Crippen LogP contribution in [0.2, 0.25) is 0 Å². The van der Waals surface area contributed by atoms with Gasteiger partial charge in [-0.25, -0.2) is 0 Å². The quantitative estimate of drug-likeness (QED) is 0.535. The van der Waals surface area contributed by atoms with Gasteiger partial charge in [0.2, 0.25) is 0 Å². The van der Waals surface area contributed by atoms with Gasteiger partial charge in [-0.1, -0.05) is 19.1 Å². The van der Waals surface area contributed by atoms with Crippen LogP contribution in [0.4, 0.5) is 0 Å². The van der Waals surface area contributed by atoms with Crippen molar-refractivity contribution >= 4 is 11.8 Å². The predicted molar refractivity (Wildman–Crippen MR) is 89.7 cm³/mol. The zero-order valence-electron chi connectivity index (χ0n) is 13.5. The third-order valence-electron chi connectivity index (χ3n) is 3.90. The fourth-order valence-corrected chi connectivity index (χ4v) is 3.25. The molecule has 0 saturated heterocycles. The number of hydrogen-bond acceptors (Lipinski definition) is 5. The van der Waals surface area contributed by atoms with Crippen molar-refractivity contribution in [3.05, 3.63) is 12.2 Å². The van der Waals surface area contributed by atoms with Crippen molar-refractivity contribution in [2.45, 2.75) is 38.4 Å². The van der Waals surface area contributed by atoms with E-state index in [4.69, 9.17) is 4.74 Å². The van der Waals surface area contributed by atoms with Gasteiger partial charge < -0.3 is 20.3 Å². The summed E-state index contributed by atoms with van der Waals surface area (Å²) in [4.78, 5) is 0. The molecule has 0 fully saturated rings. The van der Waals surface area contributed by atoms with E-state index in [0.29, 0.717) is 43.9 Å². The van der Waals surface area contributed by atoms with E-state index in [-0.39, 0.29) is 0 Å². The molecule has 4 unspecified atom stereocenters. The molecule has 0 bridgehead atoms. The maximum atomic E-state index is 10.0. The molecule has 3 N–H and O–H groups in total. The fraction of sp³-hybridized carbons (Fsp3) is 0.875. The van der Waals surface area contributed by atoms with Crippen LogP contribution in [0, 0.1) is 11.8 Å². The van der Waals surface area contributed by atoms with Crippen LogP contribution in [0.1, 0.15) is 26.7 Å². The lowest BCUT2D eigenvalue weighted by Gasteiger charge is -2.26. The molecule has 0 spiro atoms. The molecule has 0 radical (unpaired) electrons. The van der Waals surface area contributed by atoms with Gasteiger partial charge in [0.15, 0.2) is 0 Å². The van der Waals surface area contributed by atoms with Gasteiger partial charge in [0.25, 0.3) is 0 Å². The van der Waals surface area contributed by atoms with Crippen LogP contribution < -0.4 is 5.32 Å². The first kappa shape index (κ1) is 19.0. The van der Waals surface area contributed by atoms with Crippen LogP contribution in [0.15, 0.2) is 12.2 Å². The molecular formula is C16H31NO3S. The number of ether oxygens (including phenoxy) is 1. The molecule has 4 atom stereocenters. The van der Waals surface area contributed by atoms with Gasteiger partial charge in [0.1, 0.15) is 0 Å². The van der Waals surface area contributed by atoms with E-state index in [1.807, 2.05) is 6.26 Å². The Morgan fingerprint density at radius 1 is 1.43 bits per heavy atom. The van der Waals surface area contributed by atoms with E-state index in [9.17, 15) is 10.2 Å². The number of hydrogen-bond donors (Lipinski definition) is 3. The summed E-state index contributed by atoms with van der Waals surface area (Å²) in [6.45, 7) is 6.05. The lowest BCUT2D eigenvalue weighted by atomic mass is 9.85. The molecule has 4 nitrogen and oxygen atoms in total. The zero-order valence-corrected chi connectivity index (χ0v) is 14.4. The Morgan fingerprint density at radius 3 is 2.81 bits per heavy atom. The van der Waals surface area contributed by atoms with Gasteiger partial charge in [0.05, 0.1) is 24.9 Å². The smallest absolute Gasteiger partial charge is 0.0897 e. The number of allylic oxidation sites excluding steroid dienone is 2. The number of nitrogens with one attached hydrogen (secondary N) is 1. The zero-order chi connectivity index (χ0) is 15.7. The molecule has 0 aliphatic heterocycles. The van der Waals surface area contributed by atoms with E-state index in [1.54, 1.807) is 18.7 Å². The molecule has 1 rings (SSSR count). The van der Waals surface area contributed by atoms with E-state index < -0.39 is 11.7 Å². The van der Waals surface area contributed by atoms with E-state index >= 15 is 0 Å². The van der Waals surface area contributed by atoms with Crippen molar-refractivity contribution in [1.29, 1.82) is 0 Å². The summed E-state index contributed by atoms with van der Waals surface area (Å²) >= 11 is 1.61. The molecule has 0 heterocycles. The molecule has 1 aliphatic rings. The third-order valence-corrected chi connectivity index (χ3v) is 4.81. The van der Waals surface area contributed by atoms with Crippen LogP contribution in [0.5, 0.6) is 0 Å². The summed E-state index contributed by atoms with van der Waals surface area (Å²) in [6, 6.07) is 0. The van der Waals surface area contributed by atoms with Crippen molar-refractivity contribution < 1.29 is 14.9 Å². The first-order valence-corrected chi connectivity index (χ1v) is 9.17. The normalized spacial score (nSPS) is 26.5. The summed E-state index contributed by atoms with van der Waals surface area (Å²) in [5.74, 6) is 1.91. The summed E-state index contributed by atoms with van der Waals surface area (Å²) in [6.07, 6.45) is 8.11. The number of aliphatic hydroxyl groups is 2. The second-order valence-electron chi connectivity index (χ2n) is 6.43. The second kappa shape index (κ2) is 9.85. The molecule has 21 heavy (non-hydrogen) atoms. The standard InChI is InChI=1S/C16H31NO3S/c1-13-6-4-5-7-14(13)9-20-10-15(18)8-17-11-16(2,19)12-21-3/h4-5,13-15,17-19H,6-12H2,1-3H3. The number of thioether (sulfide) groups is 1. The van der Waals surface area contributed by atoms with Gasteiger partial charge in [-0.15, -0.1) is 0 Å². The van der Waals surface area contributed by atoms with E-state index in [2.05, 4.69) is 24.4 Å². The van der Waals surface area contributed by atoms with Crippen LogP contribution in [0.3, 0.4) is 0 Å². The Kier molecular flexibility index (Phi) is 8.90. The number of rotatable bonds is 10. The molecule has 124 valence electrons. The maximum Gasteiger partial charge on any atom is 0.0897 e. The fourth-order valence-electron chi connectivity index (χ4n) is 2.52. The van der Waals surface area contributed by atoms with Gasteiger partial charge in [0, 0.05) is 18.8 Å². The largest absolute Gasteiger partial charge is 0.389 e. The highest BCUT2D eigenvalue weighted by molar-refractivity contribution is 7.98. The van der Waals surface area contributed by atoms with Crippen molar-refractivity contribution in [3.63, 3.8) is 0 Å². The molecule has 0 saturated carbocycles. The average molecular weight is 317 g/mol. The van der Waals surface area contributed by atoms with Crippen LogP contribution >= 0.6 is 11.8 Å². The molecule has 0 aromatic heterocycles. The summed E-state index contributed by atoms with van der Waals surface area (Å²) in [7, 11) is 0. The van der Waals surface area contributed by atoms with Crippen LogP contribution in [-0.4, -0.2) is 60.2 Å². The average Bonchev–Trinajstić information content (AvgIpc) is 2.40.